The standard InChI is InChI=1S/C18H30N4/c1-14(2)9-10-20-18(19-3)21-13-15-7-8-17-16(12-15)6-5-11-22(17)4/h7-8,12,14H,5-6,9-11,13H2,1-4H3,(H2,19,20,21). The monoisotopic (exact) mass is 302 g/mol. The smallest absolute Gasteiger partial charge is 0.191 e. The second-order valence-electron chi connectivity index (χ2n) is 6.52. The molecule has 0 aromatic heterocycles. The second-order valence-corrected chi connectivity index (χ2v) is 6.52. The maximum atomic E-state index is 4.29. The van der Waals surface area contributed by atoms with Gasteiger partial charge >= 0.3 is 0 Å². The number of aryl methyl sites for hydroxylation is 1. The van der Waals surface area contributed by atoms with Gasteiger partial charge in [-0.2, -0.15) is 0 Å². The Kier molecular flexibility index (Phi) is 6.10. The number of fused-ring (bicyclic) bond motifs is 1. The van der Waals surface area contributed by atoms with E-state index in [1.54, 1.807) is 0 Å². The Bertz CT molecular complexity index is 508. The van der Waals surface area contributed by atoms with Gasteiger partial charge < -0.3 is 15.5 Å². The third-order valence-electron chi connectivity index (χ3n) is 4.19. The highest BCUT2D eigenvalue weighted by Gasteiger charge is 2.13. The van der Waals surface area contributed by atoms with Crippen LogP contribution < -0.4 is 15.5 Å². The molecular weight excluding hydrogens is 272 g/mol. The average Bonchev–Trinajstić information content (AvgIpc) is 2.50. The second kappa shape index (κ2) is 8.06. The minimum absolute atomic E-state index is 0.711. The van der Waals surface area contributed by atoms with Crippen molar-refractivity contribution in [2.75, 3.05) is 32.1 Å². The molecule has 0 unspecified atom stereocenters. The Morgan fingerprint density at radius 2 is 2.14 bits per heavy atom. The van der Waals surface area contributed by atoms with Crippen LogP contribution in [0.15, 0.2) is 23.2 Å². The molecule has 0 saturated carbocycles. The van der Waals surface area contributed by atoms with Crippen molar-refractivity contribution >= 4 is 11.6 Å². The fourth-order valence-electron chi connectivity index (χ4n) is 2.83. The summed E-state index contributed by atoms with van der Waals surface area (Å²) in [6.07, 6.45) is 3.60. The molecule has 0 radical (unpaired) electrons. The minimum Gasteiger partial charge on any atom is -0.374 e. The van der Waals surface area contributed by atoms with Gasteiger partial charge in [0.2, 0.25) is 0 Å². The van der Waals surface area contributed by atoms with E-state index >= 15 is 0 Å². The van der Waals surface area contributed by atoms with Crippen LogP contribution in [-0.2, 0) is 13.0 Å². The predicted molar refractivity (Wildman–Crippen MR) is 95.7 cm³/mol. The molecule has 2 rings (SSSR count). The van der Waals surface area contributed by atoms with Crippen LogP contribution >= 0.6 is 0 Å². The van der Waals surface area contributed by atoms with Crippen molar-refractivity contribution < 1.29 is 0 Å². The van der Waals surface area contributed by atoms with Crippen molar-refractivity contribution in [1.29, 1.82) is 0 Å². The zero-order valence-corrected chi connectivity index (χ0v) is 14.4. The molecule has 4 nitrogen and oxygen atoms in total. The summed E-state index contributed by atoms with van der Waals surface area (Å²) in [6.45, 7) is 7.42. The largest absolute Gasteiger partial charge is 0.374 e. The number of nitrogens with one attached hydrogen (secondary N) is 2. The van der Waals surface area contributed by atoms with Gasteiger partial charge in [0, 0.05) is 39.4 Å². The van der Waals surface area contributed by atoms with Crippen molar-refractivity contribution in [1.82, 2.24) is 10.6 Å². The van der Waals surface area contributed by atoms with E-state index in [0.29, 0.717) is 5.92 Å². The van der Waals surface area contributed by atoms with Gasteiger partial charge in [-0.05, 0) is 42.4 Å². The normalized spacial score (nSPS) is 15.0. The fraction of sp³-hybridized carbons (Fsp3) is 0.611. The van der Waals surface area contributed by atoms with Crippen LogP contribution in [0.25, 0.3) is 0 Å². The molecule has 2 N–H and O–H groups in total. The van der Waals surface area contributed by atoms with Crippen LogP contribution in [-0.4, -0.2) is 33.1 Å². The quantitative estimate of drug-likeness (QED) is 0.649. The summed E-state index contributed by atoms with van der Waals surface area (Å²) in [5.41, 5.74) is 4.17. The summed E-state index contributed by atoms with van der Waals surface area (Å²) in [5, 5.41) is 6.77. The molecule has 1 aliphatic heterocycles. The van der Waals surface area contributed by atoms with Gasteiger partial charge in [0.25, 0.3) is 0 Å². The summed E-state index contributed by atoms with van der Waals surface area (Å²) < 4.78 is 0. The maximum Gasteiger partial charge on any atom is 0.191 e. The first kappa shape index (κ1) is 16.7. The first-order chi connectivity index (χ1) is 10.6. The molecule has 0 aliphatic carbocycles. The lowest BCUT2D eigenvalue weighted by atomic mass is 9.99. The van der Waals surface area contributed by atoms with E-state index in [2.05, 4.69) is 59.6 Å². The number of nitrogens with zero attached hydrogens (tertiary/aromatic N) is 2. The van der Waals surface area contributed by atoms with E-state index in [0.717, 1.165) is 32.0 Å². The summed E-state index contributed by atoms with van der Waals surface area (Å²) in [5.74, 6) is 1.60. The number of benzene rings is 1. The summed E-state index contributed by atoms with van der Waals surface area (Å²) >= 11 is 0. The Morgan fingerprint density at radius 1 is 1.32 bits per heavy atom. The van der Waals surface area contributed by atoms with E-state index in [9.17, 15) is 0 Å². The minimum atomic E-state index is 0.711. The molecule has 1 aromatic carbocycles. The molecule has 4 heteroatoms. The van der Waals surface area contributed by atoms with E-state index in [1.807, 2.05) is 7.05 Å². The van der Waals surface area contributed by atoms with Gasteiger partial charge in [0.1, 0.15) is 0 Å². The average molecular weight is 302 g/mol. The Hall–Kier alpha value is -1.71. The van der Waals surface area contributed by atoms with Crippen LogP contribution in [0.4, 0.5) is 5.69 Å². The van der Waals surface area contributed by atoms with Crippen molar-refractivity contribution in [3.05, 3.63) is 29.3 Å². The highest BCUT2D eigenvalue weighted by Crippen LogP contribution is 2.26. The van der Waals surface area contributed by atoms with Gasteiger partial charge in [-0.1, -0.05) is 26.0 Å². The number of anilines is 1. The fourth-order valence-corrected chi connectivity index (χ4v) is 2.83. The van der Waals surface area contributed by atoms with Crippen LogP contribution in [0.3, 0.4) is 0 Å². The Labute approximate surface area is 135 Å². The highest BCUT2D eigenvalue weighted by molar-refractivity contribution is 5.79. The molecule has 0 amide bonds. The molecule has 0 atom stereocenters. The molecule has 0 fully saturated rings. The van der Waals surface area contributed by atoms with Crippen LogP contribution in [0, 0.1) is 5.92 Å². The molecule has 0 spiro atoms. The number of hydrogen-bond acceptors (Lipinski definition) is 2. The number of aliphatic imine (C=N–C) groups is 1. The number of hydrogen-bond donors (Lipinski definition) is 2. The van der Waals surface area contributed by atoms with Crippen LogP contribution in [0.2, 0.25) is 0 Å². The van der Waals surface area contributed by atoms with Crippen LogP contribution in [0.5, 0.6) is 0 Å². The van der Waals surface area contributed by atoms with Crippen LogP contribution in [0.1, 0.15) is 37.8 Å². The third-order valence-corrected chi connectivity index (χ3v) is 4.19. The number of guanidine groups is 1. The lowest BCUT2D eigenvalue weighted by Gasteiger charge is -2.28. The first-order valence-corrected chi connectivity index (χ1v) is 8.37. The summed E-state index contributed by atoms with van der Waals surface area (Å²) in [7, 11) is 4.00. The topological polar surface area (TPSA) is 39.7 Å². The number of rotatable bonds is 5. The molecule has 0 saturated heterocycles. The molecule has 122 valence electrons. The summed E-state index contributed by atoms with van der Waals surface area (Å²) in [4.78, 5) is 6.64. The maximum absolute atomic E-state index is 4.29. The Balaban J connectivity index is 1.88. The highest BCUT2D eigenvalue weighted by atomic mass is 15.2. The third kappa shape index (κ3) is 4.65. The van der Waals surface area contributed by atoms with Crippen molar-refractivity contribution in [2.45, 2.75) is 39.7 Å². The van der Waals surface area contributed by atoms with E-state index in [1.165, 1.54) is 29.7 Å². The predicted octanol–water partition coefficient (Wildman–Crippen LogP) is 2.78. The Morgan fingerprint density at radius 3 is 2.86 bits per heavy atom. The van der Waals surface area contributed by atoms with Gasteiger partial charge in [0.15, 0.2) is 5.96 Å². The molecule has 1 heterocycles. The van der Waals surface area contributed by atoms with E-state index in [4.69, 9.17) is 0 Å². The first-order valence-electron chi connectivity index (χ1n) is 8.37. The van der Waals surface area contributed by atoms with Gasteiger partial charge in [-0.15, -0.1) is 0 Å². The molecule has 0 bridgehead atoms. The molecule has 22 heavy (non-hydrogen) atoms. The van der Waals surface area contributed by atoms with Gasteiger partial charge in [-0.25, -0.2) is 0 Å². The SMILES string of the molecule is CN=C(NCCC(C)C)NCc1ccc2c(c1)CCCN2C. The molecule has 1 aliphatic rings. The zero-order chi connectivity index (χ0) is 15.9. The van der Waals surface area contributed by atoms with Gasteiger partial charge in [0.05, 0.1) is 0 Å². The van der Waals surface area contributed by atoms with Crippen molar-refractivity contribution in [3.8, 4) is 0 Å². The van der Waals surface area contributed by atoms with Gasteiger partial charge in [-0.3, -0.25) is 4.99 Å². The molecular formula is C18H30N4. The van der Waals surface area contributed by atoms with Crippen molar-refractivity contribution in [3.63, 3.8) is 0 Å². The zero-order valence-electron chi connectivity index (χ0n) is 14.4. The molecule has 1 aromatic rings. The lowest BCUT2D eigenvalue weighted by Crippen LogP contribution is -2.37. The van der Waals surface area contributed by atoms with Crippen molar-refractivity contribution in [2.24, 2.45) is 10.9 Å². The lowest BCUT2D eigenvalue weighted by molar-refractivity contribution is 0.573. The summed E-state index contributed by atoms with van der Waals surface area (Å²) in [6, 6.07) is 6.80. The van der Waals surface area contributed by atoms with E-state index in [-0.39, 0.29) is 0 Å². The van der Waals surface area contributed by atoms with E-state index < -0.39 is 0 Å².